The summed E-state index contributed by atoms with van der Waals surface area (Å²) in [7, 11) is 0.0935. The third kappa shape index (κ3) is 6.33. The fourth-order valence-electron chi connectivity index (χ4n) is 4.83. The molecule has 9 nitrogen and oxygen atoms in total. The molecule has 0 spiro atoms. The van der Waals surface area contributed by atoms with E-state index in [2.05, 4.69) is 15.1 Å². The first-order chi connectivity index (χ1) is 20.3. The lowest BCUT2D eigenvalue weighted by Crippen LogP contribution is -2.15. The van der Waals surface area contributed by atoms with Crippen molar-refractivity contribution in [1.29, 1.82) is 0 Å². The van der Waals surface area contributed by atoms with Gasteiger partial charge >= 0.3 is 0 Å². The summed E-state index contributed by atoms with van der Waals surface area (Å²) >= 11 is 0. The highest BCUT2D eigenvalue weighted by Crippen LogP contribution is 2.39. The predicted octanol–water partition coefficient (Wildman–Crippen LogP) is 4.29. The second kappa shape index (κ2) is 13.0. The van der Waals surface area contributed by atoms with Crippen molar-refractivity contribution in [3.63, 3.8) is 0 Å². The predicted molar refractivity (Wildman–Crippen MR) is 151 cm³/mol. The number of hydrogen-bond acceptors (Lipinski definition) is 7. The van der Waals surface area contributed by atoms with E-state index in [4.69, 9.17) is 15.2 Å². The van der Waals surface area contributed by atoms with Crippen molar-refractivity contribution in [3.8, 4) is 5.75 Å². The molecule has 2 atom stereocenters. The lowest BCUT2D eigenvalue weighted by Gasteiger charge is -2.22. The maximum absolute atomic E-state index is 15.4. The standard InChI is InChI=1S/C29H30F3N5O4S/c1-37-29(35-24(13-33)36-37)21-12-19(5-6-23(21)30)41-28-22(20-7-8-34-27(20)25(31)26(28)32)16-42(39)10-9-40-15-18-4-2-3-17(11-18)14-38/h2-8,11,21,34,38H,9-10,12-16,33H2,1H3. The van der Waals surface area contributed by atoms with Gasteiger partial charge in [0.25, 0.3) is 0 Å². The summed E-state index contributed by atoms with van der Waals surface area (Å²) in [5, 5.41) is 13.8. The molecule has 0 aliphatic heterocycles. The molecule has 0 bridgehead atoms. The van der Waals surface area contributed by atoms with Crippen molar-refractivity contribution in [2.45, 2.75) is 37.9 Å². The zero-order valence-corrected chi connectivity index (χ0v) is 23.6. The van der Waals surface area contributed by atoms with E-state index in [9.17, 15) is 13.7 Å². The van der Waals surface area contributed by atoms with Gasteiger partial charge in [0.05, 0.1) is 43.6 Å². The molecule has 4 aromatic rings. The molecule has 0 saturated heterocycles. The molecule has 2 aromatic carbocycles. The Morgan fingerprint density at radius 1 is 1.19 bits per heavy atom. The number of aryl methyl sites for hydroxylation is 1. The van der Waals surface area contributed by atoms with Gasteiger partial charge in [0, 0.05) is 47.2 Å². The molecule has 42 heavy (non-hydrogen) atoms. The van der Waals surface area contributed by atoms with Crippen molar-refractivity contribution in [2.24, 2.45) is 12.8 Å². The fraction of sp³-hybridized carbons (Fsp3) is 0.310. The molecule has 0 radical (unpaired) electrons. The summed E-state index contributed by atoms with van der Waals surface area (Å²) in [6.45, 7) is 0.423. The lowest BCUT2D eigenvalue weighted by molar-refractivity contribution is 0.136. The highest BCUT2D eigenvalue weighted by atomic mass is 32.2. The van der Waals surface area contributed by atoms with Crippen LogP contribution in [-0.4, -0.2) is 41.4 Å². The third-order valence-corrected chi connectivity index (χ3v) is 8.13. The number of fused-ring (bicyclic) bond motifs is 1. The molecule has 2 unspecified atom stereocenters. The SMILES string of the molecule is Cn1nc(CN)nc1C1CC(Oc2c(F)c(F)c3[nH]ccc3c2CS(=O)CCOCc2cccc(CO)c2)=CC=C1F. The van der Waals surface area contributed by atoms with E-state index in [0.717, 1.165) is 11.1 Å². The zero-order chi connectivity index (χ0) is 29.8. The number of nitrogens with zero attached hydrogens (tertiary/aromatic N) is 3. The number of aliphatic hydroxyl groups excluding tert-OH is 1. The molecule has 13 heteroatoms. The molecular weight excluding hydrogens is 571 g/mol. The number of hydrogen-bond donors (Lipinski definition) is 3. The van der Waals surface area contributed by atoms with Gasteiger partial charge in [-0.1, -0.05) is 24.3 Å². The van der Waals surface area contributed by atoms with E-state index in [1.165, 1.54) is 23.0 Å². The van der Waals surface area contributed by atoms with Crippen LogP contribution >= 0.6 is 0 Å². The Kier molecular flexibility index (Phi) is 9.21. The van der Waals surface area contributed by atoms with Gasteiger partial charge in [0.2, 0.25) is 5.82 Å². The van der Waals surface area contributed by atoms with E-state index in [1.54, 1.807) is 19.2 Å². The summed E-state index contributed by atoms with van der Waals surface area (Å²) in [5.74, 6) is -3.29. The number of halogens is 3. The molecule has 2 heterocycles. The van der Waals surface area contributed by atoms with Gasteiger partial charge in [-0.15, -0.1) is 0 Å². The van der Waals surface area contributed by atoms with Crippen LogP contribution in [0, 0.1) is 11.6 Å². The van der Waals surface area contributed by atoms with Crippen LogP contribution in [0.25, 0.3) is 10.9 Å². The summed E-state index contributed by atoms with van der Waals surface area (Å²) in [6.07, 6.45) is 3.98. The summed E-state index contributed by atoms with van der Waals surface area (Å²) < 4.78 is 71.4. The van der Waals surface area contributed by atoms with Gasteiger partial charge in [0.1, 0.15) is 17.4 Å². The van der Waals surface area contributed by atoms with Gasteiger partial charge in [-0.05, 0) is 29.3 Å². The van der Waals surface area contributed by atoms with Crippen molar-refractivity contribution >= 4 is 21.7 Å². The monoisotopic (exact) mass is 601 g/mol. The van der Waals surface area contributed by atoms with Crippen molar-refractivity contribution in [3.05, 3.63) is 100 Å². The zero-order valence-electron chi connectivity index (χ0n) is 22.8. The first kappa shape index (κ1) is 29.7. The Balaban J connectivity index is 1.33. The van der Waals surface area contributed by atoms with Crippen LogP contribution in [0.15, 0.2) is 60.3 Å². The van der Waals surface area contributed by atoms with Crippen molar-refractivity contribution in [1.82, 2.24) is 19.7 Å². The van der Waals surface area contributed by atoms with Gasteiger partial charge in [-0.2, -0.15) is 9.49 Å². The number of aliphatic hydroxyl groups is 1. The Morgan fingerprint density at radius 2 is 2.00 bits per heavy atom. The Hall–Kier alpha value is -3.78. The van der Waals surface area contributed by atoms with Crippen LogP contribution in [0.2, 0.25) is 0 Å². The second-order valence-corrected chi connectivity index (χ2v) is 11.4. The number of aromatic nitrogens is 4. The van der Waals surface area contributed by atoms with Crippen LogP contribution in [0.3, 0.4) is 0 Å². The van der Waals surface area contributed by atoms with Gasteiger partial charge in [-0.3, -0.25) is 8.89 Å². The quantitative estimate of drug-likeness (QED) is 0.207. The Labute approximate surface area is 242 Å². The highest BCUT2D eigenvalue weighted by Gasteiger charge is 2.30. The Bertz CT molecular complexity index is 1680. The molecule has 5 rings (SSSR count). The van der Waals surface area contributed by atoms with E-state index in [-0.39, 0.29) is 61.1 Å². The van der Waals surface area contributed by atoms with E-state index in [1.807, 2.05) is 18.2 Å². The molecule has 0 saturated carbocycles. The molecule has 1 aliphatic rings. The lowest BCUT2D eigenvalue weighted by atomic mass is 9.97. The topological polar surface area (TPSA) is 128 Å². The molecular formula is C29H30F3N5O4S. The minimum Gasteiger partial charge on any atom is -0.458 e. The van der Waals surface area contributed by atoms with E-state index >= 15 is 8.78 Å². The number of allylic oxidation sites excluding steroid dienone is 4. The van der Waals surface area contributed by atoms with Crippen molar-refractivity contribution in [2.75, 3.05) is 12.4 Å². The van der Waals surface area contributed by atoms with Crippen LogP contribution in [0.5, 0.6) is 5.75 Å². The van der Waals surface area contributed by atoms with E-state index in [0.29, 0.717) is 17.0 Å². The fourth-order valence-corrected chi connectivity index (χ4v) is 5.88. The normalized spacial score (nSPS) is 16.0. The van der Waals surface area contributed by atoms with Crippen molar-refractivity contribution < 1.29 is 32.0 Å². The summed E-state index contributed by atoms with van der Waals surface area (Å²) in [6, 6.07) is 8.85. The molecule has 0 amide bonds. The van der Waals surface area contributed by atoms with Gasteiger partial charge in [0.15, 0.2) is 17.4 Å². The molecule has 222 valence electrons. The average Bonchev–Trinajstić information content (AvgIpc) is 3.64. The van der Waals surface area contributed by atoms with Gasteiger partial charge < -0.3 is 25.3 Å². The summed E-state index contributed by atoms with van der Waals surface area (Å²) in [4.78, 5) is 6.98. The molecule has 4 N–H and O–H groups in total. The number of aromatic amines is 1. The average molecular weight is 602 g/mol. The minimum atomic E-state index is -1.52. The molecule has 2 aromatic heterocycles. The van der Waals surface area contributed by atoms with Crippen LogP contribution < -0.4 is 10.5 Å². The van der Waals surface area contributed by atoms with Crippen LogP contribution in [-0.2, 0) is 48.1 Å². The number of nitrogens with one attached hydrogen (secondary N) is 1. The largest absolute Gasteiger partial charge is 0.458 e. The minimum absolute atomic E-state index is 0.0288. The number of ether oxygens (including phenoxy) is 2. The Morgan fingerprint density at radius 3 is 2.76 bits per heavy atom. The third-order valence-electron chi connectivity index (χ3n) is 6.90. The molecule has 0 fully saturated rings. The first-order valence-corrected chi connectivity index (χ1v) is 14.7. The maximum Gasteiger partial charge on any atom is 0.203 e. The number of benzene rings is 2. The maximum atomic E-state index is 15.4. The van der Waals surface area contributed by atoms with E-state index < -0.39 is 39.9 Å². The first-order valence-electron chi connectivity index (χ1n) is 13.2. The van der Waals surface area contributed by atoms with Crippen LogP contribution in [0.1, 0.15) is 40.7 Å². The summed E-state index contributed by atoms with van der Waals surface area (Å²) in [5.41, 5.74) is 7.40. The second-order valence-electron chi connectivity index (χ2n) is 9.78. The number of H-pyrrole nitrogens is 1. The number of rotatable bonds is 12. The van der Waals surface area contributed by atoms with Crippen LogP contribution in [0.4, 0.5) is 13.2 Å². The highest BCUT2D eigenvalue weighted by molar-refractivity contribution is 7.84. The molecule has 1 aliphatic carbocycles. The smallest absolute Gasteiger partial charge is 0.203 e. The number of nitrogens with two attached hydrogens (primary N) is 1. The van der Waals surface area contributed by atoms with Gasteiger partial charge in [-0.25, -0.2) is 13.8 Å².